The quantitative estimate of drug-likeness (QED) is 0.131. The summed E-state index contributed by atoms with van der Waals surface area (Å²) in [5.41, 5.74) is -13.8. The smallest absolute Gasteiger partial charge is 0.244 e. The van der Waals surface area contributed by atoms with Gasteiger partial charge in [0.15, 0.2) is 22.8 Å². The number of likely N-dealkylation sites (tertiary alicyclic amines) is 1. The number of rotatable bonds is 3. The van der Waals surface area contributed by atoms with Gasteiger partial charge in [0.05, 0.1) is 6.07 Å². The molecule has 0 radical (unpaired) electrons. The maximum absolute atomic E-state index is 13.9. The number of nitrogens with zero attached hydrogens (tertiary/aromatic N) is 2. The molecule has 1 aliphatic heterocycles. The molecule has 5 saturated carbocycles. The Balaban J connectivity index is 1.91. The molecule has 1 saturated heterocycles. The van der Waals surface area contributed by atoms with Crippen molar-refractivity contribution in [3.8, 4) is 6.07 Å². The maximum atomic E-state index is 13.9. The Morgan fingerprint density at radius 2 is 1.26 bits per heavy atom. The van der Waals surface area contributed by atoms with Gasteiger partial charge in [0.25, 0.3) is 0 Å². The second-order valence-electron chi connectivity index (χ2n) is 12.0. The summed E-state index contributed by atoms with van der Waals surface area (Å²) >= 11 is 0. The Kier molecular flexibility index (Phi) is 5.55. The molecule has 0 aromatic rings. The number of nitriles is 1. The number of nitrogens with two attached hydrogens (primary N) is 1. The molecule has 6 rings (SSSR count). The van der Waals surface area contributed by atoms with Crippen molar-refractivity contribution in [2.75, 3.05) is 7.11 Å². The Hall–Kier alpha value is -1.76. The van der Waals surface area contributed by atoms with E-state index in [1.165, 1.54) is 13.0 Å². The Morgan fingerprint density at radius 1 is 0.833 bits per heavy atom. The zero-order valence-electron chi connectivity index (χ0n) is 21.5. The fraction of sp³-hybridized carbons (Fsp3) is 0.905. The molecule has 238 valence electrons. The number of methoxy groups -OCH3 is 1. The molecule has 1 heterocycles. The normalized spacial score (nSPS) is 49.5. The van der Waals surface area contributed by atoms with Gasteiger partial charge in [-0.1, -0.05) is 6.92 Å². The average molecular weight is 613 g/mol. The van der Waals surface area contributed by atoms with Crippen LogP contribution in [0.3, 0.4) is 0 Å². The van der Waals surface area contributed by atoms with Crippen LogP contribution >= 0.6 is 0 Å². The van der Waals surface area contributed by atoms with Crippen LogP contribution in [-0.4, -0.2) is 175 Å². The fourth-order valence-corrected chi connectivity index (χ4v) is 8.53. The van der Waals surface area contributed by atoms with Crippen molar-refractivity contribution in [1.82, 2.24) is 4.90 Å². The van der Waals surface area contributed by atoms with Crippen molar-refractivity contribution >= 4 is 5.91 Å². The molecular formula is C21H31N3O18. The number of hydrogen-bond donors (Lipinski definition) is 17. The number of ether oxygens (including phenoxy) is 1. The molecule has 7 atom stereocenters. The molecule has 7 unspecified atom stereocenters. The predicted molar refractivity (Wildman–Crippen MR) is 118 cm³/mol. The summed E-state index contributed by atoms with van der Waals surface area (Å²) < 4.78 is 4.64. The van der Waals surface area contributed by atoms with Crippen molar-refractivity contribution < 1.29 is 91.2 Å². The van der Waals surface area contributed by atoms with Gasteiger partial charge in [-0.3, -0.25) is 4.79 Å². The van der Waals surface area contributed by atoms with E-state index < -0.39 is 105 Å². The number of carbonyl (C=O) groups excluding carboxylic acids is 1. The Labute approximate surface area is 232 Å². The molecule has 42 heavy (non-hydrogen) atoms. The lowest BCUT2D eigenvalue weighted by atomic mass is 9.41. The van der Waals surface area contributed by atoms with Gasteiger partial charge in [0, 0.05) is 25.5 Å². The van der Waals surface area contributed by atoms with Gasteiger partial charge in [-0.25, -0.2) is 0 Å². The van der Waals surface area contributed by atoms with Gasteiger partial charge in [-0.2, -0.15) is 5.26 Å². The van der Waals surface area contributed by atoms with Crippen molar-refractivity contribution in [3.05, 3.63) is 0 Å². The summed E-state index contributed by atoms with van der Waals surface area (Å²) in [7, 11) is 0.301. The number of piperidine rings is 1. The van der Waals surface area contributed by atoms with Crippen LogP contribution in [-0.2, 0) is 9.53 Å². The molecule has 0 spiro atoms. The second-order valence-corrected chi connectivity index (χ2v) is 12.0. The zero-order valence-corrected chi connectivity index (χ0v) is 21.5. The number of fused-ring (bicyclic) bond motifs is 2. The molecule has 5 aliphatic carbocycles. The van der Waals surface area contributed by atoms with Gasteiger partial charge in [0.2, 0.25) is 51.8 Å². The van der Waals surface area contributed by atoms with Crippen molar-refractivity contribution in [3.63, 3.8) is 0 Å². The highest BCUT2D eigenvalue weighted by Crippen LogP contribution is 2.77. The predicted octanol–water partition coefficient (Wildman–Crippen LogP) is -11.3. The van der Waals surface area contributed by atoms with E-state index in [4.69, 9.17) is 5.73 Å². The van der Waals surface area contributed by atoms with Crippen LogP contribution < -0.4 is 5.73 Å². The van der Waals surface area contributed by atoms with E-state index in [0.29, 0.717) is 7.11 Å². The first-order valence-electron chi connectivity index (χ1n) is 12.2. The minimum absolute atomic E-state index is 0.261. The lowest BCUT2D eigenvalue weighted by Crippen LogP contribution is -3.08. The van der Waals surface area contributed by atoms with Crippen LogP contribution in [0.2, 0.25) is 0 Å². The molecule has 18 N–H and O–H groups in total. The van der Waals surface area contributed by atoms with Crippen LogP contribution in [0.1, 0.15) is 13.3 Å². The summed E-state index contributed by atoms with van der Waals surface area (Å²) in [5.74, 6) is -37.7. The molecule has 6 aliphatic rings. The number of aliphatic hydroxyl groups is 16. The molecular weight excluding hydrogens is 582 g/mol. The van der Waals surface area contributed by atoms with Gasteiger partial charge >= 0.3 is 0 Å². The number of amides is 1. The first-order chi connectivity index (χ1) is 18.6. The Morgan fingerprint density at radius 3 is 1.64 bits per heavy atom. The summed E-state index contributed by atoms with van der Waals surface area (Å²) in [6.45, 7) is 1.34. The van der Waals surface area contributed by atoms with Crippen LogP contribution in [0, 0.1) is 28.6 Å². The van der Waals surface area contributed by atoms with E-state index in [0.717, 1.165) is 0 Å². The highest BCUT2D eigenvalue weighted by atomic mass is 16.7. The van der Waals surface area contributed by atoms with Gasteiger partial charge in [-0.15, -0.1) is 0 Å². The monoisotopic (exact) mass is 613 g/mol. The third kappa shape index (κ3) is 2.29. The number of carbonyl (C=O) groups is 1. The summed E-state index contributed by atoms with van der Waals surface area (Å²) in [6, 6.07) is -5.71. The summed E-state index contributed by atoms with van der Waals surface area (Å²) in [6.07, 6.45) is -2.36. The van der Waals surface area contributed by atoms with Crippen LogP contribution in [0.5, 0.6) is 0 Å². The van der Waals surface area contributed by atoms with E-state index in [1.807, 2.05) is 0 Å². The van der Waals surface area contributed by atoms with Crippen LogP contribution in [0.15, 0.2) is 0 Å². The highest BCUT2D eigenvalue weighted by Gasteiger charge is 3.09. The highest BCUT2D eigenvalue weighted by molar-refractivity contribution is 5.86. The SMILES string of the molecule is COC12CC(O)(O)C3(C(N)C(=O)N4C5C(C)C5C(O)(O)C4C#N)C(O)(O)C(O)(C1(O)O)C(O)(O)C(O)(C2(O)O)C3(O)O. The van der Waals surface area contributed by atoms with E-state index >= 15 is 0 Å². The van der Waals surface area contributed by atoms with E-state index in [1.54, 1.807) is 0 Å². The fourth-order valence-electron chi connectivity index (χ4n) is 8.53. The standard InChI is InChI=1S/C21H31N3O18/c1-5-7-8(5)24(6(3-22)13(7,28)29)10(25)9(23)14-12(26,27)4-11(42-2)17(32,33)15(30,19(14,36)37)21(40,41)16(31,18(11,34)35)20(14,38)39/h5-9,26-41H,4,23H2,1-2H3. The molecule has 21 nitrogen and oxygen atoms in total. The maximum Gasteiger partial charge on any atom is 0.244 e. The summed E-state index contributed by atoms with van der Waals surface area (Å²) in [5, 5.41) is 188. The van der Waals surface area contributed by atoms with Gasteiger partial charge in [0.1, 0.15) is 6.04 Å². The molecule has 4 bridgehead atoms. The third-order valence-corrected chi connectivity index (χ3v) is 10.7. The molecule has 6 fully saturated rings. The first-order valence-corrected chi connectivity index (χ1v) is 12.2. The van der Waals surface area contributed by atoms with Crippen molar-refractivity contribution in [2.45, 2.75) is 88.8 Å². The zero-order chi connectivity index (χ0) is 32.7. The molecule has 0 aromatic heterocycles. The van der Waals surface area contributed by atoms with Crippen molar-refractivity contribution in [1.29, 1.82) is 5.26 Å². The van der Waals surface area contributed by atoms with E-state index in [-0.39, 0.29) is 4.90 Å². The van der Waals surface area contributed by atoms with Crippen LogP contribution in [0.4, 0.5) is 0 Å². The second kappa shape index (κ2) is 7.37. The molecule has 0 aromatic carbocycles. The third-order valence-electron chi connectivity index (χ3n) is 10.7. The van der Waals surface area contributed by atoms with E-state index in [2.05, 4.69) is 4.74 Å². The average Bonchev–Trinajstić information content (AvgIpc) is 3.44. The lowest BCUT2D eigenvalue weighted by Gasteiger charge is -2.76. The largest absolute Gasteiger partial charge is 0.375 e. The van der Waals surface area contributed by atoms with Crippen molar-refractivity contribution in [2.24, 2.45) is 23.0 Å². The Bertz CT molecular complexity index is 1260. The molecule has 21 heteroatoms. The number of hydrogen-bond acceptors (Lipinski definition) is 20. The first kappa shape index (κ1) is 31.7. The van der Waals surface area contributed by atoms with E-state index in [9.17, 15) is 91.8 Å². The molecule has 1 amide bonds. The topological polar surface area (TPSA) is 403 Å². The minimum atomic E-state index is -5.34. The minimum Gasteiger partial charge on any atom is -0.375 e. The van der Waals surface area contributed by atoms with Crippen LogP contribution in [0.25, 0.3) is 0 Å². The summed E-state index contributed by atoms with van der Waals surface area (Å²) in [4.78, 5) is 14.2. The lowest BCUT2D eigenvalue weighted by molar-refractivity contribution is -0.641. The van der Waals surface area contributed by atoms with Gasteiger partial charge < -0.3 is 97.1 Å². The van der Waals surface area contributed by atoms with Gasteiger partial charge in [-0.05, 0) is 5.92 Å².